The molecule has 0 saturated heterocycles. The second kappa shape index (κ2) is 9.32. The van der Waals surface area contributed by atoms with Gasteiger partial charge >= 0.3 is 0 Å². The van der Waals surface area contributed by atoms with Crippen LogP contribution in [0.4, 0.5) is 0 Å². The van der Waals surface area contributed by atoms with Gasteiger partial charge in [0.25, 0.3) is 0 Å². The summed E-state index contributed by atoms with van der Waals surface area (Å²) < 4.78 is 5.94. The number of unbranched alkanes of at least 4 members (excludes halogenated alkanes) is 4. The van der Waals surface area contributed by atoms with E-state index in [2.05, 4.69) is 39.1 Å². The highest BCUT2D eigenvalue weighted by Crippen LogP contribution is 2.29. The van der Waals surface area contributed by atoms with Crippen molar-refractivity contribution in [2.75, 3.05) is 6.61 Å². The second-order valence-corrected chi connectivity index (χ2v) is 7.00. The summed E-state index contributed by atoms with van der Waals surface area (Å²) in [6.07, 6.45) is 6.20. The summed E-state index contributed by atoms with van der Waals surface area (Å²) in [6, 6.07) is 5.96. The number of hydrogen-bond acceptors (Lipinski definition) is 2. The largest absolute Gasteiger partial charge is 0.492 e. The van der Waals surface area contributed by atoms with Gasteiger partial charge in [0.1, 0.15) is 5.75 Å². The molecule has 1 aromatic rings. The molecule has 1 aromatic carbocycles. The minimum atomic E-state index is 0.0831. The Morgan fingerprint density at radius 2 is 1.81 bits per heavy atom. The van der Waals surface area contributed by atoms with Crippen molar-refractivity contribution in [1.82, 2.24) is 5.32 Å². The second-order valence-electron chi connectivity index (χ2n) is 6.59. The van der Waals surface area contributed by atoms with E-state index in [1.165, 1.54) is 25.7 Å². The van der Waals surface area contributed by atoms with Crippen LogP contribution in [0.2, 0.25) is 5.02 Å². The van der Waals surface area contributed by atoms with Crippen molar-refractivity contribution >= 4 is 11.6 Å². The number of nitrogens with one attached hydrogen (secondary N) is 1. The molecule has 0 atom stereocenters. The first-order valence-electron chi connectivity index (χ1n) is 8.09. The Kier molecular flexibility index (Phi) is 8.13. The van der Waals surface area contributed by atoms with Gasteiger partial charge in [0.15, 0.2) is 0 Å². The maximum atomic E-state index is 6.29. The molecule has 0 bridgehead atoms. The first-order chi connectivity index (χ1) is 9.94. The Morgan fingerprint density at radius 3 is 2.48 bits per heavy atom. The van der Waals surface area contributed by atoms with Gasteiger partial charge in [-0.25, -0.2) is 0 Å². The average Bonchev–Trinajstić information content (AvgIpc) is 2.41. The molecule has 0 aromatic heterocycles. The van der Waals surface area contributed by atoms with Gasteiger partial charge in [-0.1, -0.05) is 56.3 Å². The lowest BCUT2D eigenvalue weighted by Gasteiger charge is -2.22. The van der Waals surface area contributed by atoms with Crippen LogP contribution in [0, 0.1) is 0 Å². The molecule has 0 aliphatic carbocycles. The first-order valence-corrected chi connectivity index (χ1v) is 8.47. The van der Waals surface area contributed by atoms with E-state index in [0.717, 1.165) is 30.9 Å². The van der Waals surface area contributed by atoms with Crippen LogP contribution >= 0.6 is 11.6 Å². The Labute approximate surface area is 135 Å². The van der Waals surface area contributed by atoms with Gasteiger partial charge in [-0.05, 0) is 33.3 Å². The summed E-state index contributed by atoms with van der Waals surface area (Å²) in [7, 11) is 0. The highest BCUT2D eigenvalue weighted by atomic mass is 35.5. The molecular formula is C18H30ClNO. The van der Waals surface area contributed by atoms with Crippen molar-refractivity contribution in [2.24, 2.45) is 0 Å². The maximum Gasteiger partial charge on any atom is 0.142 e. The number of hydrogen-bond donors (Lipinski definition) is 1. The lowest BCUT2D eigenvalue weighted by atomic mass is 10.1. The van der Waals surface area contributed by atoms with Crippen LogP contribution in [0.15, 0.2) is 18.2 Å². The van der Waals surface area contributed by atoms with Crippen molar-refractivity contribution < 1.29 is 4.74 Å². The molecule has 0 saturated carbocycles. The third-order valence-electron chi connectivity index (χ3n) is 3.35. The number of halogens is 1. The molecule has 1 N–H and O–H groups in total. The van der Waals surface area contributed by atoms with Crippen molar-refractivity contribution in [2.45, 2.75) is 71.9 Å². The minimum Gasteiger partial charge on any atom is -0.492 e. The molecule has 1 rings (SSSR count). The van der Waals surface area contributed by atoms with Gasteiger partial charge in [-0.2, -0.15) is 0 Å². The normalized spacial score (nSPS) is 11.7. The Bertz CT molecular complexity index is 412. The van der Waals surface area contributed by atoms with Crippen molar-refractivity contribution in [1.29, 1.82) is 0 Å². The molecule has 120 valence electrons. The summed E-state index contributed by atoms with van der Waals surface area (Å²) in [4.78, 5) is 0. The predicted octanol–water partition coefficient (Wildman–Crippen LogP) is 5.58. The molecule has 0 aliphatic heterocycles. The first kappa shape index (κ1) is 18.3. The smallest absolute Gasteiger partial charge is 0.142 e. The molecule has 0 aliphatic rings. The standard InChI is InChI=1S/C18H30ClNO/c1-5-6-7-8-9-13-21-17-15(11-10-12-16(17)19)14-20-18(2,3)4/h10-12,20H,5-9,13-14H2,1-4H3. The van der Waals surface area contributed by atoms with E-state index >= 15 is 0 Å². The van der Waals surface area contributed by atoms with Crippen LogP contribution in [0.3, 0.4) is 0 Å². The van der Waals surface area contributed by atoms with E-state index in [4.69, 9.17) is 16.3 Å². The van der Waals surface area contributed by atoms with Crippen LogP contribution in [-0.4, -0.2) is 12.1 Å². The van der Waals surface area contributed by atoms with Gasteiger partial charge in [0.2, 0.25) is 0 Å². The van der Waals surface area contributed by atoms with Crippen LogP contribution in [0.1, 0.15) is 65.4 Å². The van der Waals surface area contributed by atoms with Crippen molar-refractivity contribution in [3.05, 3.63) is 28.8 Å². The molecule has 3 heteroatoms. The van der Waals surface area contributed by atoms with Gasteiger partial charge in [0.05, 0.1) is 11.6 Å². The highest BCUT2D eigenvalue weighted by molar-refractivity contribution is 6.32. The number of benzene rings is 1. The van der Waals surface area contributed by atoms with E-state index in [1.54, 1.807) is 0 Å². The lowest BCUT2D eigenvalue weighted by Crippen LogP contribution is -2.35. The molecule has 21 heavy (non-hydrogen) atoms. The Hall–Kier alpha value is -0.730. The predicted molar refractivity (Wildman–Crippen MR) is 92.3 cm³/mol. The molecule has 0 unspecified atom stereocenters. The molecule has 2 nitrogen and oxygen atoms in total. The van der Waals surface area contributed by atoms with Gasteiger partial charge in [-0.15, -0.1) is 0 Å². The summed E-state index contributed by atoms with van der Waals surface area (Å²) in [5, 5.41) is 4.19. The minimum absolute atomic E-state index is 0.0831. The third kappa shape index (κ3) is 7.73. The maximum absolute atomic E-state index is 6.29. The van der Waals surface area contributed by atoms with Crippen LogP contribution in [0.5, 0.6) is 5.75 Å². The molecule has 0 spiro atoms. The topological polar surface area (TPSA) is 21.3 Å². The van der Waals surface area contributed by atoms with Gasteiger partial charge in [0, 0.05) is 17.6 Å². The molecular weight excluding hydrogens is 282 g/mol. The van der Waals surface area contributed by atoms with Gasteiger partial charge in [-0.3, -0.25) is 0 Å². The fraction of sp³-hybridized carbons (Fsp3) is 0.667. The summed E-state index contributed by atoms with van der Waals surface area (Å²) >= 11 is 6.29. The fourth-order valence-corrected chi connectivity index (χ4v) is 2.34. The number of rotatable bonds is 9. The van der Waals surface area contributed by atoms with E-state index < -0.39 is 0 Å². The van der Waals surface area contributed by atoms with Crippen LogP contribution < -0.4 is 10.1 Å². The third-order valence-corrected chi connectivity index (χ3v) is 3.65. The van der Waals surface area contributed by atoms with E-state index in [1.807, 2.05) is 12.1 Å². The lowest BCUT2D eigenvalue weighted by molar-refractivity contribution is 0.299. The summed E-state index contributed by atoms with van der Waals surface area (Å²) in [6.45, 7) is 10.2. The zero-order valence-corrected chi connectivity index (χ0v) is 14.7. The van der Waals surface area contributed by atoms with Crippen LogP contribution in [-0.2, 0) is 6.54 Å². The van der Waals surface area contributed by atoms with Crippen molar-refractivity contribution in [3.63, 3.8) is 0 Å². The Balaban J connectivity index is 2.51. The fourth-order valence-electron chi connectivity index (χ4n) is 2.09. The van der Waals surface area contributed by atoms with E-state index in [9.17, 15) is 0 Å². The number of ether oxygens (including phenoxy) is 1. The summed E-state index contributed by atoms with van der Waals surface area (Å²) in [5.41, 5.74) is 1.21. The van der Waals surface area contributed by atoms with E-state index in [0.29, 0.717) is 5.02 Å². The summed E-state index contributed by atoms with van der Waals surface area (Å²) in [5.74, 6) is 0.839. The van der Waals surface area contributed by atoms with Gasteiger partial charge < -0.3 is 10.1 Å². The average molecular weight is 312 g/mol. The molecule has 0 fully saturated rings. The Morgan fingerprint density at radius 1 is 1.10 bits per heavy atom. The molecule has 0 heterocycles. The quantitative estimate of drug-likeness (QED) is 0.601. The SMILES string of the molecule is CCCCCCCOc1c(Cl)cccc1CNC(C)(C)C. The molecule has 0 radical (unpaired) electrons. The zero-order valence-electron chi connectivity index (χ0n) is 14.0. The van der Waals surface area contributed by atoms with Crippen molar-refractivity contribution in [3.8, 4) is 5.75 Å². The number of para-hydroxylation sites is 1. The molecule has 0 amide bonds. The highest BCUT2D eigenvalue weighted by Gasteiger charge is 2.13. The zero-order chi connectivity index (χ0) is 15.7. The van der Waals surface area contributed by atoms with Crippen LogP contribution in [0.25, 0.3) is 0 Å². The van der Waals surface area contributed by atoms with E-state index in [-0.39, 0.29) is 5.54 Å². The monoisotopic (exact) mass is 311 g/mol.